The summed E-state index contributed by atoms with van der Waals surface area (Å²) in [5, 5.41) is 4.94. The number of nitrogen functional groups attached to an aromatic ring is 1. The lowest BCUT2D eigenvalue weighted by Crippen LogP contribution is -2.26. The number of ether oxygens (including phenoxy) is 2. The second-order valence-electron chi connectivity index (χ2n) is 7.40. The van der Waals surface area contributed by atoms with Gasteiger partial charge < -0.3 is 20.1 Å². The SMILES string of the molecule is C=CC(=O)N1CC[C@H](c2cc(C#Cc3c(Cl)c(OC)cc(OC)c3Cl)c3c(N)ncnn23)C1. The van der Waals surface area contributed by atoms with Crippen LogP contribution in [0.4, 0.5) is 5.82 Å². The quantitative estimate of drug-likeness (QED) is 0.448. The van der Waals surface area contributed by atoms with Gasteiger partial charge in [0.2, 0.25) is 5.91 Å². The van der Waals surface area contributed by atoms with E-state index in [9.17, 15) is 4.79 Å². The van der Waals surface area contributed by atoms with E-state index < -0.39 is 0 Å². The zero-order valence-corrected chi connectivity index (χ0v) is 19.6. The fourth-order valence-electron chi connectivity index (χ4n) is 3.93. The molecule has 1 saturated heterocycles. The molecule has 1 aliphatic heterocycles. The fourth-order valence-corrected chi connectivity index (χ4v) is 4.53. The molecule has 2 N–H and O–H groups in total. The third-order valence-electron chi connectivity index (χ3n) is 5.60. The first-order valence-electron chi connectivity index (χ1n) is 10.0. The van der Waals surface area contributed by atoms with E-state index in [1.54, 1.807) is 15.5 Å². The van der Waals surface area contributed by atoms with Crippen LogP contribution in [0.15, 0.2) is 31.1 Å². The van der Waals surface area contributed by atoms with Gasteiger partial charge in [0.15, 0.2) is 5.82 Å². The number of hydrogen-bond donors (Lipinski definition) is 1. The number of carbonyl (C=O) groups excluding carboxylic acids is 1. The van der Waals surface area contributed by atoms with Crippen LogP contribution in [0.1, 0.15) is 29.2 Å². The molecule has 1 amide bonds. The van der Waals surface area contributed by atoms with Gasteiger partial charge in [-0.25, -0.2) is 9.50 Å². The molecule has 0 bridgehead atoms. The number of nitrogens with two attached hydrogens (primary N) is 1. The lowest BCUT2D eigenvalue weighted by Gasteiger charge is -2.14. The number of benzene rings is 1. The molecular formula is C23H21Cl2N5O3. The summed E-state index contributed by atoms with van der Waals surface area (Å²) in [5.74, 6) is 7.19. The van der Waals surface area contributed by atoms with Crippen molar-refractivity contribution in [1.29, 1.82) is 0 Å². The summed E-state index contributed by atoms with van der Waals surface area (Å²) in [7, 11) is 3.00. The number of hydrogen-bond acceptors (Lipinski definition) is 6. The Bertz CT molecular complexity index is 1300. The highest BCUT2D eigenvalue weighted by molar-refractivity contribution is 6.38. The van der Waals surface area contributed by atoms with Crippen molar-refractivity contribution in [1.82, 2.24) is 19.5 Å². The topological polar surface area (TPSA) is 95.0 Å². The van der Waals surface area contributed by atoms with Crippen LogP contribution in [0.3, 0.4) is 0 Å². The molecule has 0 spiro atoms. The molecule has 33 heavy (non-hydrogen) atoms. The number of halogens is 2. The van der Waals surface area contributed by atoms with Crippen LogP contribution in [0.5, 0.6) is 11.5 Å². The minimum absolute atomic E-state index is 0.0651. The largest absolute Gasteiger partial charge is 0.495 e. The molecule has 2 aromatic heterocycles. The van der Waals surface area contributed by atoms with Crippen molar-refractivity contribution in [3.8, 4) is 23.3 Å². The minimum atomic E-state index is -0.0937. The van der Waals surface area contributed by atoms with Crippen LogP contribution < -0.4 is 15.2 Å². The average molecular weight is 486 g/mol. The van der Waals surface area contributed by atoms with Gasteiger partial charge in [0.25, 0.3) is 0 Å². The van der Waals surface area contributed by atoms with E-state index in [-0.39, 0.29) is 27.7 Å². The second-order valence-corrected chi connectivity index (χ2v) is 8.15. The lowest BCUT2D eigenvalue weighted by molar-refractivity contribution is -0.125. The van der Waals surface area contributed by atoms with Gasteiger partial charge in [-0.2, -0.15) is 5.10 Å². The average Bonchev–Trinajstić information content (AvgIpc) is 3.44. The van der Waals surface area contributed by atoms with Crippen LogP contribution in [0.25, 0.3) is 5.52 Å². The van der Waals surface area contributed by atoms with Crippen LogP contribution in [0.2, 0.25) is 10.0 Å². The van der Waals surface area contributed by atoms with E-state index in [0.29, 0.717) is 41.2 Å². The summed E-state index contributed by atoms with van der Waals surface area (Å²) in [6.07, 6.45) is 3.50. The summed E-state index contributed by atoms with van der Waals surface area (Å²) in [4.78, 5) is 17.9. The molecule has 4 rings (SSSR count). The summed E-state index contributed by atoms with van der Waals surface area (Å²) in [6.45, 7) is 4.76. The van der Waals surface area contributed by atoms with E-state index in [4.69, 9.17) is 38.4 Å². The molecule has 170 valence electrons. The fraction of sp³-hybridized carbons (Fsp3) is 0.261. The van der Waals surface area contributed by atoms with E-state index in [2.05, 4.69) is 28.5 Å². The summed E-state index contributed by atoms with van der Waals surface area (Å²) >= 11 is 12.9. The second kappa shape index (κ2) is 9.22. The molecule has 0 unspecified atom stereocenters. The number of aromatic nitrogens is 3. The van der Waals surface area contributed by atoms with Gasteiger partial charge in [0, 0.05) is 30.8 Å². The Morgan fingerprint density at radius 3 is 2.58 bits per heavy atom. The Labute approximate surface area is 200 Å². The van der Waals surface area contributed by atoms with Crippen LogP contribution >= 0.6 is 23.2 Å². The maximum atomic E-state index is 12.0. The van der Waals surface area contributed by atoms with Gasteiger partial charge in [-0.15, -0.1) is 0 Å². The van der Waals surface area contributed by atoms with Gasteiger partial charge >= 0.3 is 0 Å². The Kier molecular flexibility index (Phi) is 6.36. The Morgan fingerprint density at radius 2 is 1.94 bits per heavy atom. The molecule has 10 heteroatoms. The van der Waals surface area contributed by atoms with E-state index >= 15 is 0 Å². The Morgan fingerprint density at radius 1 is 1.24 bits per heavy atom. The third-order valence-corrected chi connectivity index (χ3v) is 6.35. The maximum Gasteiger partial charge on any atom is 0.245 e. The van der Waals surface area contributed by atoms with Crippen LogP contribution in [-0.4, -0.2) is 52.7 Å². The summed E-state index contributed by atoms with van der Waals surface area (Å²) in [5.41, 5.74) is 8.63. The van der Waals surface area contributed by atoms with Crippen LogP contribution in [0, 0.1) is 11.8 Å². The number of rotatable bonds is 4. The van der Waals surface area contributed by atoms with E-state index in [1.165, 1.54) is 26.6 Å². The zero-order chi connectivity index (χ0) is 23.7. The number of fused-ring (bicyclic) bond motifs is 1. The van der Waals surface area contributed by atoms with Gasteiger partial charge in [0.05, 0.1) is 35.4 Å². The van der Waals surface area contributed by atoms with Crippen molar-refractivity contribution in [3.05, 3.63) is 58.0 Å². The molecular weight excluding hydrogens is 465 g/mol. The molecule has 1 aromatic carbocycles. The van der Waals surface area contributed by atoms with Crippen LogP contribution in [-0.2, 0) is 4.79 Å². The normalized spacial score (nSPS) is 15.3. The highest BCUT2D eigenvalue weighted by Crippen LogP contribution is 2.40. The molecule has 3 aromatic rings. The molecule has 1 aliphatic rings. The van der Waals surface area contributed by atoms with Gasteiger partial charge in [-0.05, 0) is 18.6 Å². The van der Waals surface area contributed by atoms with Gasteiger partial charge in [-0.3, -0.25) is 4.79 Å². The van der Waals surface area contributed by atoms with Crippen molar-refractivity contribution in [2.45, 2.75) is 12.3 Å². The molecule has 8 nitrogen and oxygen atoms in total. The molecule has 0 saturated carbocycles. The van der Waals surface area contributed by atoms with Crippen molar-refractivity contribution >= 4 is 40.4 Å². The minimum Gasteiger partial charge on any atom is -0.495 e. The number of methoxy groups -OCH3 is 2. The van der Waals surface area contributed by atoms with E-state index in [0.717, 1.165) is 12.1 Å². The maximum absolute atomic E-state index is 12.0. The van der Waals surface area contributed by atoms with Crippen molar-refractivity contribution in [2.24, 2.45) is 0 Å². The van der Waals surface area contributed by atoms with Crippen molar-refractivity contribution in [3.63, 3.8) is 0 Å². The molecule has 3 heterocycles. The highest BCUT2D eigenvalue weighted by atomic mass is 35.5. The Balaban J connectivity index is 1.82. The predicted molar refractivity (Wildman–Crippen MR) is 127 cm³/mol. The number of nitrogens with zero attached hydrogens (tertiary/aromatic N) is 4. The first-order chi connectivity index (χ1) is 15.9. The molecule has 0 radical (unpaired) electrons. The van der Waals surface area contributed by atoms with Crippen molar-refractivity contribution in [2.75, 3.05) is 33.0 Å². The van der Waals surface area contributed by atoms with Gasteiger partial charge in [-0.1, -0.05) is 41.6 Å². The molecule has 1 fully saturated rings. The smallest absolute Gasteiger partial charge is 0.245 e. The van der Waals surface area contributed by atoms with Gasteiger partial charge in [0.1, 0.15) is 23.3 Å². The molecule has 1 atom stereocenters. The number of likely N-dealkylation sites (tertiary alicyclic amines) is 1. The predicted octanol–water partition coefficient (Wildman–Crippen LogP) is 3.54. The number of carbonyl (C=O) groups is 1. The monoisotopic (exact) mass is 485 g/mol. The Hall–Kier alpha value is -3.41. The number of amides is 1. The third kappa shape index (κ3) is 4.06. The standard InChI is InChI=1S/C23H21Cl2N5O3/c1-4-19(31)29-8-7-14(11-29)16-9-13(22-23(26)27-12-28-30(16)22)5-6-15-20(24)17(32-2)10-18(33-3)21(15)25/h4,9-10,12,14H,1,7-8,11H2,2-3H3,(H2,26,27,28)/t14-/m0/s1. The summed E-state index contributed by atoms with van der Waals surface area (Å²) < 4.78 is 12.4. The lowest BCUT2D eigenvalue weighted by atomic mass is 10.0. The van der Waals surface area contributed by atoms with E-state index in [1.807, 2.05) is 6.07 Å². The highest BCUT2D eigenvalue weighted by Gasteiger charge is 2.29. The number of anilines is 1. The first-order valence-corrected chi connectivity index (χ1v) is 10.8. The zero-order valence-electron chi connectivity index (χ0n) is 18.1. The molecule has 0 aliphatic carbocycles. The summed E-state index contributed by atoms with van der Waals surface area (Å²) in [6, 6.07) is 3.52. The van der Waals surface area contributed by atoms with Crippen molar-refractivity contribution < 1.29 is 14.3 Å². The first kappa shape index (κ1) is 22.8.